The molecule has 0 saturated carbocycles. The fourth-order valence-corrected chi connectivity index (χ4v) is 14.1. The number of rotatable bonds is 80. The number of unbranched alkanes of at least 4 members (excludes halogenated alkanes) is 50. The molecule has 3 N–H and O–H groups in total. The van der Waals surface area contributed by atoms with Gasteiger partial charge in [-0.3, -0.25) is 37.3 Å². The molecule has 0 aromatic carbocycles. The van der Waals surface area contributed by atoms with Crippen LogP contribution in [-0.4, -0.2) is 96.7 Å². The summed E-state index contributed by atoms with van der Waals surface area (Å²) in [6.45, 7) is 9.65. The van der Waals surface area contributed by atoms with Crippen molar-refractivity contribution >= 4 is 39.5 Å². The zero-order valence-corrected chi connectivity index (χ0v) is 67.3. The molecule has 0 aliphatic carbocycles. The Balaban J connectivity index is 5.26. The molecule has 0 saturated heterocycles. The molecule has 100 heavy (non-hydrogen) atoms. The first kappa shape index (κ1) is 98.1. The third kappa shape index (κ3) is 74.3. The van der Waals surface area contributed by atoms with Crippen molar-refractivity contribution in [1.82, 2.24) is 0 Å². The third-order valence-corrected chi connectivity index (χ3v) is 20.9. The van der Waals surface area contributed by atoms with Crippen molar-refractivity contribution in [2.45, 2.75) is 445 Å². The van der Waals surface area contributed by atoms with E-state index in [1.165, 1.54) is 244 Å². The highest BCUT2D eigenvalue weighted by molar-refractivity contribution is 7.47. The minimum Gasteiger partial charge on any atom is -0.462 e. The first-order chi connectivity index (χ1) is 48.4. The number of carbonyl (C=O) groups is 4. The predicted molar refractivity (Wildman–Crippen MR) is 409 cm³/mol. The van der Waals surface area contributed by atoms with Gasteiger partial charge in [0.1, 0.15) is 19.3 Å². The average Bonchev–Trinajstić information content (AvgIpc) is 1.06. The lowest BCUT2D eigenvalue weighted by Crippen LogP contribution is -2.30. The van der Waals surface area contributed by atoms with Crippen LogP contribution >= 0.6 is 15.6 Å². The number of esters is 4. The minimum atomic E-state index is -4.96. The second-order valence-electron chi connectivity index (χ2n) is 30.1. The Morgan fingerprint density at radius 3 is 0.680 bits per heavy atom. The van der Waals surface area contributed by atoms with E-state index in [9.17, 15) is 43.2 Å². The van der Waals surface area contributed by atoms with Crippen LogP contribution < -0.4 is 0 Å². The molecule has 0 aromatic heterocycles. The maximum Gasteiger partial charge on any atom is 0.472 e. The van der Waals surface area contributed by atoms with E-state index in [0.29, 0.717) is 25.7 Å². The zero-order valence-electron chi connectivity index (χ0n) is 65.5. The standard InChI is InChI=1S/C81H158O17P2/c1-7-9-11-13-15-17-19-21-22-23-24-25-26-28-34-41-47-53-59-65-80(85)97-76(70-92-79(84)64-58-52-46-40-35-29-31-37-43-49-55-61-73(3)4)71-95-99(87,88)93-67-75(82)68-94-100(89,90)96-72-77(69-91-78(83)63-57-51-45-39-33-27-20-18-16-14-12-10-8-2)98-81(86)66-60-54-48-42-36-30-32-38-44-50-56-62-74(5)6/h73-77,82H,7-72H2,1-6H3,(H,87,88)(H,89,90)/t75-,76-,77-/m1/s1. The maximum atomic E-state index is 13.1. The quantitative estimate of drug-likeness (QED) is 0.0222. The molecule has 0 fully saturated rings. The lowest BCUT2D eigenvalue weighted by molar-refractivity contribution is -0.161. The van der Waals surface area contributed by atoms with E-state index in [1.807, 2.05) is 0 Å². The van der Waals surface area contributed by atoms with Crippen LogP contribution in [0.3, 0.4) is 0 Å². The molecule has 19 heteroatoms. The van der Waals surface area contributed by atoms with Crippen LogP contribution in [0.25, 0.3) is 0 Å². The summed E-state index contributed by atoms with van der Waals surface area (Å²) < 4.78 is 68.8. The smallest absolute Gasteiger partial charge is 0.462 e. The average molecular weight is 1470 g/mol. The second kappa shape index (κ2) is 72.6. The molecule has 2 unspecified atom stereocenters. The number of phosphoric ester groups is 2. The molecule has 0 bridgehead atoms. The Morgan fingerprint density at radius 2 is 0.460 bits per heavy atom. The van der Waals surface area contributed by atoms with Gasteiger partial charge in [0.25, 0.3) is 0 Å². The van der Waals surface area contributed by atoms with Crippen LogP contribution in [0.4, 0.5) is 0 Å². The van der Waals surface area contributed by atoms with E-state index in [0.717, 1.165) is 102 Å². The molecule has 0 aliphatic heterocycles. The summed E-state index contributed by atoms with van der Waals surface area (Å²) in [6, 6.07) is 0. The molecular formula is C81H158O17P2. The zero-order chi connectivity index (χ0) is 73.5. The molecule has 5 atom stereocenters. The van der Waals surface area contributed by atoms with E-state index in [1.54, 1.807) is 0 Å². The van der Waals surface area contributed by atoms with Crippen molar-refractivity contribution in [1.29, 1.82) is 0 Å². The fraction of sp³-hybridized carbons (Fsp3) is 0.951. The normalized spacial score (nSPS) is 13.9. The van der Waals surface area contributed by atoms with Crippen molar-refractivity contribution in [3.05, 3.63) is 0 Å². The van der Waals surface area contributed by atoms with E-state index in [4.69, 9.17) is 37.0 Å². The highest BCUT2D eigenvalue weighted by Gasteiger charge is 2.30. The molecule has 0 amide bonds. The summed E-state index contributed by atoms with van der Waals surface area (Å²) in [4.78, 5) is 73.1. The number of phosphoric acid groups is 2. The van der Waals surface area contributed by atoms with Crippen LogP contribution in [0.5, 0.6) is 0 Å². The summed E-state index contributed by atoms with van der Waals surface area (Å²) >= 11 is 0. The Bertz CT molecular complexity index is 1920. The molecule has 0 rings (SSSR count). The van der Waals surface area contributed by atoms with Crippen molar-refractivity contribution in [3.8, 4) is 0 Å². The van der Waals surface area contributed by atoms with Gasteiger partial charge in [0.2, 0.25) is 0 Å². The van der Waals surface area contributed by atoms with E-state index in [-0.39, 0.29) is 25.7 Å². The Kier molecular flexibility index (Phi) is 71.2. The SMILES string of the molecule is CCCCCCCCCCCCCCCCCCCCCC(=O)O[C@H](COC(=O)CCCCCCCCCCCCCC(C)C)COP(=O)(O)OC[C@@H](O)COP(=O)(O)OC[C@@H](COC(=O)CCCCCCCCCCCCCCC)OC(=O)CCCCCCCCCCCCCC(C)C. The number of hydrogen-bond acceptors (Lipinski definition) is 15. The number of aliphatic hydroxyl groups is 1. The van der Waals surface area contributed by atoms with Gasteiger partial charge < -0.3 is 33.8 Å². The lowest BCUT2D eigenvalue weighted by atomic mass is 10.0. The largest absolute Gasteiger partial charge is 0.472 e. The van der Waals surface area contributed by atoms with E-state index < -0.39 is 97.5 Å². The minimum absolute atomic E-state index is 0.107. The number of ether oxygens (including phenoxy) is 4. The molecule has 0 aromatic rings. The molecule has 17 nitrogen and oxygen atoms in total. The van der Waals surface area contributed by atoms with Crippen LogP contribution in [-0.2, 0) is 65.4 Å². The monoisotopic (exact) mass is 1470 g/mol. The van der Waals surface area contributed by atoms with Gasteiger partial charge in [-0.25, -0.2) is 9.13 Å². The molecule has 594 valence electrons. The Labute approximate surface area is 613 Å². The maximum absolute atomic E-state index is 13.1. The molecule has 0 aliphatic rings. The molecular weight excluding hydrogens is 1310 g/mol. The first-order valence-electron chi connectivity index (χ1n) is 42.0. The van der Waals surface area contributed by atoms with Crippen molar-refractivity contribution < 1.29 is 80.2 Å². The number of hydrogen-bond donors (Lipinski definition) is 3. The summed E-state index contributed by atoms with van der Waals surface area (Å²) in [6.07, 6.45) is 62.3. The van der Waals surface area contributed by atoms with E-state index in [2.05, 4.69) is 41.5 Å². The second-order valence-corrected chi connectivity index (χ2v) is 33.0. The van der Waals surface area contributed by atoms with Gasteiger partial charge in [-0.2, -0.15) is 0 Å². The lowest BCUT2D eigenvalue weighted by Gasteiger charge is -2.21. The summed E-state index contributed by atoms with van der Waals surface area (Å²) in [7, 11) is -9.92. The van der Waals surface area contributed by atoms with E-state index >= 15 is 0 Å². The van der Waals surface area contributed by atoms with Gasteiger partial charge in [0.15, 0.2) is 12.2 Å². The van der Waals surface area contributed by atoms with Gasteiger partial charge >= 0.3 is 39.5 Å². The Hall–Kier alpha value is -1.94. The van der Waals surface area contributed by atoms with Crippen molar-refractivity contribution in [2.75, 3.05) is 39.6 Å². The van der Waals surface area contributed by atoms with Gasteiger partial charge in [0.05, 0.1) is 26.4 Å². The van der Waals surface area contributed by atoms with Crippen molar-refractivity contribution in [2.24, 2.45) is 11.8 Å². The number of carbonyl (C=O) groups excluding carboxylic acids is 4. The van der Waals surface area contributed by atoms with Gasteiger partial charge in [-0.05, 0) is 37.5 Å². The molecule has 0 heterocycles. The number of aliphatic hydroxyl groups excluding tert-OH is 1. The molecule has 0 radical (unpaired) electrons. The summed E-state index contributed by atoms with van der Waals surface area (Å²) in [5.74, 6) is -0.570. The van der Waals surface area contributed by atoms with Crippen molar-refractivity contribution in [3.63, 3.8) is 0 Å². The van der Waals surface area contributed by atoms with Gasteiger partial charge in [-0.1, -0.05) is 375 Å². The highest BCUT2D eigenvalue weighted by atomic mass is 31.2. The first-order valence-corrected chi connectivity index (χ1v) is 45.0. The predicted octanol–water partition coefficient (Wildman–Crippen LogP) is 24.3. The summed E-state index contributed by atoms with van der Waals surface area (Å²) in [5, 5.41) is 10.6. The van der Waals surface area contributed by atoms with Crippen LogP contribution in [0.1, 0.15) is 427 Å². The van der Waals surface area contributed by atoms with Crippen LogP contribution in [0.2, 0.25) is 0 Å². The molecule has 0 spiro atoms. The topological polar surface area (TPSA) is 237 Å². The third-order valence-electron chi connectivity index (χ3n) is 19.0. The Morgan fingerprint density at radius 1 is 0.270 bits per heavy atom. The highest BCUT2D eigenvalue weighted by Crippen LogP contribution is 2.45. The van der Waals surface area contributed by atoms with Gasteiger partial charge in [-0.15, -0.1) is 0 Å². The fourth-order valence-electron chi connectivity index (χ4n) is 12.5. The van der Waals surface area contributed by atoms with Crippen LogP contribution in [0, 0.1) is 11.8 Å². The van der Waals surface area contributed by atoms with Gasteiger partial charge in [0, 0.05) is 25.7 Å². The summed E-state index contributed by atoms with van der Waals surface area (Å²) in [5.41, 5.74) is 0. The van der Waals surface area contributed by atoms with Crippen LogP contribution in [0.15, 0.2) is 0 Å².